The van der Waals surface area contributed by atoms with E-state index in [-0.39, 0.29) is 23.8 Å². The molecule has 2 aromatic heterocycles. The molecule has 2 heterocycles. The number of halogens is 2. The van der Waals surface area contributed by atoms with Crippen molar-refractivity contribution < 1.29 is 8.78 Å². The molecule has 0 amide bonds. The monoisotopic (exact) mass is 287 g/mol. The molecule has 0 bridgehead atoms. The molecule has 0 aliphatic carbocycles. The van der Waals surface area contributed by atoms with Gasteiger partial charge in [0.1, 0.15) is 0 Å². The van der Waals surface area contributed by atoms with Gasteiger partial charge in [-0.25, -0.2) is 9.97 Å². The van der Waals surface area contributed by atoms with Crippen molar-refractivity contribution >= 4 is 17.9 Å². The quantitative estimate of drug-likeness (QED) is 0.802. The summed E-state index contributed by atoms with van der Waals surface area (Å²) >= 11 is 0.210. The van der Waals surface area contributed by atoms with Crippen LogP contribution in [-0.4, -0.2) is 30.5 Å². The van der Waals surface area contributed by atoms with Gasteiger partial charge in [-0.15, -0.1) is 5.10 Å². The zero-order chi connectivity index (χ0) is 13.8. The largest absolute Gasteiger partial charge is 0.322 e. The number of nitrogens with two attached hydrogens (primary N) is 1. The molecule has 0 radical (unpaired) electrons. The van der Waals surface area contributed by atoms with Gasteiger partial charge >= 0.3 is 5.76 Å². The van der Waals surface area contributed by atoms with Crippen molar-refractivity contribution in [3.05, 3.63) is 24.3 Å². The summed E-state index contributed by atoms with van der Waals surface area (Å²) in [7, 11) is 0. The van der Waals surface area contributed by atoms with E-state index in [2.05, 4.69) is 24.8 Å². The second-order valence-electron chi connectivity index (χ2n) is 3.52. The minimum Gasteiger partial charge on any atom is -0.322 e. The topological polar surface area (TPSA) is 94.5 Å². The highest BCUT2D eigenvalue weighted by atomic mass is 32.2. The smallest absolute Gasteiger partial charge is 0.302 e. The minimum absolute atomic E-state index is 0.0325. The van der Waals surface area contributed by atoms with Crippen LogP contribution in [0.25, 0.3) is 5.95 Å². The normalized spacial score (nSPS) is 12.7. The summed E-state index contributed by atoms with van der Waals surface area (Å²) in [6, 6.07) is 1.21. The van der Waals surface area contributed by atoms with E-state index in [4.69, 9.17) is 5.73 Å². The Morgan fingerprint density at radius 3 is 2.63 bits per heavy atom. The fourth-order valence-electron chi connectivity index (χ4n) is 1.31. The molecule has 0 fully saturated rings. The van der Waals surface area contributed by atoms with Crippen molar-refractivity contribution in [2.75, 3.05) is 4.72 Å². The number of nitrogens with one attached hydrogen (secondary N) is 1. The lowest BCUT2D eigenvalue weighted by Crippen LogP contribution is -2.14. The Balaban J connectivity index is 2.31. The van der Waals surface area contributed by atoms with Gasteiger partial charge in [0.25, 0.3) is 11.9 Å². The van der Waals surface area contributed by atoms with Crippen molar-refractivity contribution in [3.63, 3.8) is 0 Å². The van der Waals surface area contributed by atoms with Gasteiger partial charge in [-0.2, -0.15) is 18.4 Å². The van der Waals surface area contributed by atoms with E-state index in [1.54, 1.807) is 13.0 Å². The van der Waals surface area contributed by atoms with Gasteiger partial charge in [0.15, 0.2) is 5.82 Å². The first-order valence-electron chi connectivity index (χ1n) is 5.27. The Morgan fingerprint density at radius 1 is 1.37 bits per heavy atom. The molecule has 19 heavy (non-hydrogen) atoms. The molecule has 102 valence electrons. The summed E-state index contributed by atoms with van der Waals surface area (Å²) in [6.45, 7) is 1.70. The third kappa shape index (κ3) is 3.35. The van der Waals surface area contributed by atoms with Crippen LogP contribution in [0.4, 0.5) is 14.7 Å². The van der Waals surface area contributed by atoms with Crippen molar-refractivity contribution in [1.82, 2.24) is 24.7 Å². The maximum atomic E-state index is 12.1. The van der Waals surface area contributed by atoms with Crippen LogP contribution >= 0.6 is 11.9 Å². The van der Waals surface area contributed by atoms with Gasteiger partial charge in [0, 0.05) is 24.3 Å². The third-order valence-corrected chi connectivity index (χ3v) is 2.50. The van der Waals surface area contributed by atoms with Crippen molar-refractivity contribution in [1.29, 1.82) is 0 Å². The number of hydrogen-bond acceptors (Lipinski definition) is 7. The zero-order valence-corrected chi connectivity index (χ0v) is 10.7. The number of alkyl halides is 2. The molecule has 2 rings (SSSR count). The second kappa shape index (κ2) is 5.89. The molecule has 0 spiro atoms. The Morgan fingerprint density at radius 2 is 2.05 bits per heavy atom. The van der Waals surface area contributed by atoms with E-state index < -0.39 is 11.8 Å². The van der Waals surface area contributed by atoms with Crippen LogP contribution in [0.2, 0.25) is 0 Å². The van der Waals surface area contributed by atoms with E-state index in [9.17, 15) is 8.78 Å². The van der Waals surface area contributed by atoms with Gasteiger partial charge in [-0.1, -0.05) is 0 Å². The fraction of sp³-hybridized carbons (Fsp3) is 0.333. The molecule has 0 saturated carbocycles. The van der Waals surface area contributed by atoms with Crippen LogP contribution in [0.15, 0.2) is 18.5 Å². The second-order valence-corrected chi connectivity index (χ2v) is 4.32. The van der Waals surface area contributed by atoms with Crippen LogP contribution in [0.1, 0.15) is 18.8 Å². The molecule has 0 aliphatic heterocycles. The third-order valence-electron chi connectivity index (χ3n) is 2.02. The zero-order valence-electron chi connectivity index (χ0n) is 9.86. The number of aromatic nitrogens is 5. The molecule has 10 heteroatoms. The highest BCUT2D eigenvalue weighted by molar-refractivity contribution is 8.00. The highest BCUT2D eigenvalue weighted by Gasteiger charge is 2.17. The van der Waals surface area contributed by atoms with Crippen LogP contribution in [0.3, 0.4) is 0 Å². The number of rotatable bonds is 5. The van der Waals surface area contributed by atoms with E-state index in [0.29, 0.717) is 5.82 Å². The molecule has 0 aromatic carbocycles. The van der Waals surface area contributed by atoms with Gasteiger partial charge < -0.3 is 5.73 Å². The van der Waals surface area contributed by atoms with Gasteiger partial charge in [-0.05, 0) is 13.0 Å². The lowest BCUT2D eigenvalue weighted by molar-refractivity contribution is 0.252. The molecule has 2 aromatic rings. The Labute approximate surface area is 111 Å². The summed E-state index contributed by atoms with van der Waals surface area (Å²) in [5.74, 6) is -1.88. The minimum atomic E-state index is -2.57. The summed E-state index contributed by atoms with van der Waals surface area (Å²) in [4.78, 5) is 12.1. The van der Waals surface area contributed by atoms with Crippen LogP contribution in [0.5, 0.6) is 0 Å². The summed E-state index contributed by atoms with van der Waals surface area (Å²) < 4.78 is 27.9. The average Bonchev–Trinajstić information content (AvgIpc) is 2.82. The molecule has 0 aliphatic rings. The summed E-state index contributed by atoms with van der Waals surface area (Å²) in [5.41, 5.74) is 5.76. The first kappa shape index (κ1) is 13.6. The number of hydrogen-bond donors (Lipinski definition) is 2. The van der Waals surface area contributed by atoms with Crippen molar-refractivity contribution in [3.8, 4) is 5.95 Å². The maximum Gasteiger partial charge on any atom is 0.302 e. The van der Waals surface area contributed by atoms with Crippen LogP contribution in [-0.2, 0) is 0 Å². The average molecular weight is 287 g/mol. The summed E-state index contributed by atoms with van der Waals surface area (Å²) in [6.07, 6.45) is 3.08. The van der Waals surface area contributed by atoms with Crippen molar-refractivity contribution in [2.45, 2.75) is 18.7 Å². The lowest BCUT2D eigenvalue weighted by atomic mass is 10.3. The SMILES string of the molecule is CC(N)c1nc(NSC(F)F)nn1-c1ncccn1. The molecular formula is C9H11F2N7S. The Kier molecular flexibility index (Phi) is 4.22. The lowest BCUT2D eigenvalue weighted by Gasteiger charge is -2.05. The maximum absolute atomic E-state index is 12.1. The Bertz CT molecular complexity index is 531. The van der Waals surface area contributed by atoms with Gasteiger partial charge in [0.05, 0.1) is 6.04 Å². The standard InChI is InChI=1S/C9H11F2N7S/c1-5(12)6-15-8(17-19-7(10)11)16-18(6)9-13-3-2-4-14-9/h2-5,7H,12H2,1H3,(H,16,17). The molecule has 0 saturated heterocycles. The molecule has 7 nitrogen and oxygen atoms in total. The molecule has 3 N–H and O–H groups in total. The van der Waals surface area contributed by atoms with E-state index in [1.807, 2.05) is 0 Å². The first-order valence-corrected chi connectivity index (χ1v) is 6.15. The fourth-order valence-corrected chi connectivity index (χ4v) is 1.59. The predicted molar refractivity (Wildman–Crippen MR) is 66.8 cm³/mol. The number of anilines is 1. The summed E-state index contributed by atoms with van der Waals surface area (Å²) in [5, 5.41) is 4.01. The molecular weight excluding hydrogens is 276 g/mol. The Hall–Kier alpha value is -1.81. The van der Waals surface area contributed by atoms with Gasteiger partial charge in [0.2, 0.25) is 0 Å². The van der Waals surface area contributed by atoms with E-state index >= 15 is 0 Å². The first-order chi connectivity index (χ1) is 9.08. The van der Waals surface area contributed by atoms with Crippen molar-refractivity contribution in [2.24, 2.45) is 5.73 Å². The van der Waals surface area contributed by atoms with E-state index in [0.717, 1.165) is 0 Å². The predicted octanol–water partition coefficient (Wildman–Crippen LogP) is 1.36. The molecule has 1 atom stereocenters. The van der Waals surface area contributed by atoms with Crippen LogP contribution < -0.4 is 10.5 Å². The molecule has 1 unspecified atom stereocenters. The highest BCUT2D eigenvalue weighted by Crippen LogP contribution is 2.18. The number of nitrogens with zero attached hydrogens (tertiary/aromatic N) is 5. The van der Waals surface area contributed by atoms with Crippen LogP contribution in [0, 0.1) is 0 Å². The van der Waals surface area contributed by atoms with E-state index in [1.165, 1.54) is 17.1 Å². The van der Waals surface area contributed by atoms with Gasteiger partial charge in [-0.3, -0.25) is 4.72 Å².